The molecule has 0 bridgehead atoms. The van der Waals surface area contributed by atoms with Crippen LogP contribution in [0.2, 0.25) is 0 Å². The quantitative estimate of drug-likeness (QED) is 0.841. The van der Waals surface area contributed by atoms with Gasteiger partial charge in [0.05, 0.1) is 15.9 Å². The molecule has 3 rings (SSSR count). The average Bonchev–Trinajstić information content (AvgIpc) is 3.31. The highest BCUT2D eigenvalue weighted by Crippen LogP contribution is 2.49. The van der Waals surface area contributed by atoms with Crippen LogP contribution >= 0.6 is 12.2 Å². The number of hydrogen-bond acceptors (Lipinski definition) is 2. The second kappa shape index (κ2) is 5.41. The summed E-state index contributed by atoms with van der Waals surface area (Å²) in [6, 6.07) is 10.1. The molecular formula is C17H22N2OS. The summed E-state index contributed by atoms with van der Waals surface area (Å²) in [7, 11) is 0. The highest BCUT2D eigenvalue weighted by molar-refractivity contribution is 7.80. The number of nitrogens with two attached hydrogens (primary N) is 1. The van der Waals surface area contributed by atoms with Crippen molar-refractivity contribution in [2.75, 3.05) is 0 Å². The molecule has 4 heteroatoms. The Kier molecular flexibility index (Phi) is 3.74. The Morgan fingerprint density at radius 3 is 2.19 bits per heavy atom. The summed E-state index contributed by atoms with van der Waals surface area (Å²) in [4.78, 5) is 13.3. The maximum absolute atomic E-state index is 12.9. The molecule has 2 saturated carbocycles. The largest absolute Gasteiger partial charge is 0.391 e. The Morgan fingerprint density at radius 1 is 1.05 bits per heavy atom. The van der Waals surface area contributed by atoms with Gasteiger partial charge in [-0.3, -0.25) is 4.79 Å². The summed E-state index contributed by atoms with van der Waals surface area (Å²) in [6.45, 7) is 0. The van der Waals surface area contributed by atoms with Crippen LogP contribution in [0.4, 0.5) is 0 Å². The zero-order valence-electron chi connectivity index (χ0n) is 12.2. The van der Waals surface area contributed by atoms with Crippen molar-refractivity contribution in [2.45, 2.75) is 55.9 Å². The number of amides is 1. The number of benzene rings is 1. The van der Waals surface area contributed by atoms with Crippen molar-refractivity contribution in [2.24, 2.45) is 5.73 Å². The Balaban J connectivity index is 1.81. The smallest absolute Gasteiger partial charge is 0.231 e. The van der Waals surface area contributed by atoms with Crippen LogP contribution in [-0.4, -0.2) is 16.4 Å². The average molecular weight is 302 g/mol. The minimum atomic E-state index is -0.463. The monoisotopic (exact) mass is 302 g/mol. The Morgan fingerprint density at radius 2 is 1.67 bits per heavy atom. The first kappa shape index (κ1) is 14.5. The van der Waals surface area contributed by atoms with E-state index in [0.29, 0.717) is 4.99 Å². The Bertz CT molecular complexity index is 545. The standard InChI is InChI=1S/C17H22N2OS/c18-14(21)17(9-5-2-6-10-17)19-15(20)16(11-12-16)13-7-3-1-4-8-13/h1,3-4,7-8H,2,5-6,9-12H2,(H2,18,21)(H,19,20). The van der Waals surface area contributed by atoms with E-state index >= 15 is 0 Å². The predicted molar refractivity (Wildman–Crippen MR) is 88.1 cm³/mol. The molecule has 0 radical (unpaired) electrons. The summed E-state index contributed by atoms with van der Waals surface area (Å²) in [5.74, 6) is 0.100. The van der Waals surface area contributed by atoms with Crippen LogP contribution in [0.1, 0.15) is 50.5 Å². The van der Waals surface area contributed by atoms with E-state index in [1.807, 2.05) is 30.3 Å². The van der Waals surface area contributed by atoms with Gasteiger partial charge in [-0.2, -0.15) is 0 Å². The van der Waals surface area contributed by atoms with Crippen LogP contribution < -0.4 is 11.1 Å². The van der Waals surface area contributed by atoms with Gasteiger partial charge in [-0.15, -0.1) is 0 Å². The van der Waals surface area contributed by atoms with Crippen molar-refractivity contribution in [1.82, 2.24) is 5.32 Å². The minimum Gasteiger partial charge on any atom is -0.391 e. The molecule has 1 aromatic carbocycles. The number of carbonyl (C=O) groups excluding carboxylic acids is 1. The van der Waals surface area contributed by atoms with Crippen molar-refractivity contribution in [1.29, 1.82) is 0 Å². The van der Waals surface area contributed by atoms with Crippen molar-refractivity contribution < 1.29 is 4.79 Å². The normalized spacial score (nSPS) is 22.3. The van der Waals surface area contributed by atoms with Crippen LogP contribution in [0.3, 0.4) is 0 Å². The molecule has 0 atom stereocenters. The van der Waals surface area contributed by atoms with Crippen molar-refractivity contribution >= 4 is 23.1 Å². The van der Waals surface area contributed by atoms with E-state index in [2.05, 4.69) is 5.32 Å². The van der Waals surface area contributed by atoms with E-state index in [0.717, 1.165) is 44.1 Å². The maximum Gasteiger partial charge on any atom is 0.231 e. The number of thiocarbonyl (C=S) groups is 1. The van der Waals surface area contributed by atoms with E-state index < -0.39 is 5.54 Å². The van der Waals surface area contributed by atoms with Gasteiger partial charge >= 0.3 is 0 Å². The second-order valence-electron chi connectivity index (χ2n) is 6.41. The highest BCUT2D eigenvalue weighted by atomic mass is 32.1. The lowest BCUT2D eigenvalue weighted by molar-refractivity contribution is -0.125. The van der Waals surface area contributed by atoms with Gasteiger partial charge in [-0.25, -0.2) is 0 Å². The molecule has 2 aliphatic carbocycles. The number of nitrogens with one attached hydrogen (secondary N) is 1. The molecule has 0 spiro atoms. The molecule has 21 heavy (non-hydrogen) atoms. The van der Waals surface area contributed by atoms with Gasteiger partial charge in [0.25, 0.3) is 0 Å². The zero-order chi connectivity index (χ0) is 14.9. The van der Waals surface area contributed by atoms with Gasteiger partial charge in [-0.05, 0) is 31.2 Å². The third kappa shape index (κ3) is 2.57. The summed E-state index contributed by atoms with van der Waals surface area (Å²) in [6.07, 6.45) is 6.93. The highest BCUT2D eigenvalue weighted by Gasteiger charge is 2.53. The van der Waals surface area contributed by atoms with E-state index in [4.69, 9.17) is 18.0 Å². The zero-order valence-corrected chi connectivity index (χ0v) is 13.0. The molecule has 2 fully saturated rings. The first-order chi connectivity index (χ1) is 10.1. The summed E-state index contributed by atoms with van der Waals surface area (Å²) < 4.78 is 0. The number of hydrogen-bond donors (Lipinski definition) is 2. The SMILES string of the molecule is NC(=S)C1(NC(=O)C2(c3ccccc3)CC2)CCCCC1. The molecular weight excluding hydrogens is 280 g/mol. The molecule has 0 aromatic heterocycles. The number of carbonyl (C=O) groups is 1. The van der Waals surface area contributed by atoms with Crippen molar-refractivity contribution in [3.63, 3.8) is 0 Å². The van der Waals surface area contributed by atoms with E-state index in [-0.39, 0.29) is 11.3 Å². The third-order valence-electron chi connectivity index (χ3n) is 5.04. The van der Waals surface area contributed by atoms with Gasteiger partial charge < -0.3 is 11.1 Å². The fourth-order valence-corrected chi connectivity index (χ4v) is 3.71. The van der Waals surface area contributed by atoms with Crippen LogP contribution in [0.15, 0.2) is 30.3 Å². The molecule has 0 unspecified atom stereocenters. The number of rotatable bonds is 4. The van der Waals surface area contributed by atoms with Crippen LogP contribution in [0, 0.1) is 0 Å². The fraction of sp³-hybridized carbons (Fsp3) is 0.529. The Hall–Kier alpha value is -1.42. The van der Waals surface area contributed by atoms with E-state index in [9.17, 15) is 4.79 Å². The maximum atomic E-state index is 12.9. The molecule has 0 heterocycles. The van der Waals surface area contributed by atoms with Crippen LogP contribution in [-0.2, 0) is 10.2 Å². The summed E-state index contributed by atoms with van der Waals surface area (Å²) in [5, 5.41) is 3.23. The van der Waals surface area contributed by atoms with E-state index in [1.165, 1.54) is 6.42 Å². The molecule has 112 valence electrons. The van der Waals surface area contributed by atoms with Gasteiger partial charge in [0.15, 0.2) is 0 Å². The molecule has 0 aliphatic heterocycles. The Labute approximate surface area is 131 Å². The first-order valence-corrected chi connectivity index (χ1v) is 8.18. The lowest BCUT2D eigenvalue weighted by atomic mass is 9.80. The van der Waals surface area contributed by atoms with E-state index in [1.54, 1.807) is 0 Å². The van der Waals surface area contributed by atoms with Gasteiger partial charge in [0, 0.05) is 0 Å². The first-order valence-electron chi connectivity index (χ1n) is 7.77. The third-order valence-corrected chi connectivity index (χ3v) is 5.43. The molecule has 1 aromatic rings. The lowest BCUT2D eigenvalue weighted by Crippen LogP contribution is -2.59. The fourth-order valence-electron chi connectivity index (χ4n) is 3.45. The van der Waals surface area contributed by atoms with Crippen LogP contribution in [0.5, 0.6) is 0 Å². The van der Waals surface area contributed by atoms with Crippen LogP contribution in [0.25, 0.3) is 0 Å². The van der Waals surface area contributed by atoms with Gasteiger partial charge in [0.1, 0.15) is 0 Å². The van der Waals surface area contributed by atoms with Crippen molar-refractivity contribution in [3.8, 4) is 0 Å². The van der Waals surface area contributed by atoms with Gasteiger partial charge in [-0.1, -0.05) is 61.8 Å². The summed E-state index contributed by atoms with van der Waals surface area (Å²) in [5.41, 5.74) is 6.26. The molecule has 3 nitrogen and oxygen atoms in total. The van der Waals surface area contributed by atoms with Crippen molar-refractivity contribution in [3.05, 3.63) is 35.9 Å². The predicted octanol–water partition coefficient (Wildman–Crippen LogP) is 2.82. The molecule has 2 aliphatic rings. The lowest BCUT2D eigenvalue weighted by Gasteiger charge is -2.38. The minimum absolute atomic E-state index is 0.100. The molecule has 3 N–H and O–H groups in total. The second-order valence-corrected chi connectivity index (χ2v) is 6.85. The topological polar surface area (TPSA) is 55.1 Å². The summed E-state index contributed by atoms with van der Waals surface area (Å²) >= 11 is 5.27. The molecule has 1 amide bonds. The molecule has 0 saturated heterocycles. The van der Waals surface area contributed by atoms with Gasteiger partial charge in [0.2, 0.25) is 5.91 Å².